The van der Waals surface area contributed by atoms with Gasteiger partial charge in [0.2, 0.25) is 0 Å². The number of aliphatic hydroxyl groups is 1. The van der Waals surface area contributed by atoms with Crippen LogP contribution in [0.3, 0.4) is 0 Å². The number of hydrogen-bond donors (Lipinski definition) is 1. The van der Waals surface area contributed by atoms with Crippen LogP contribution in [-0.4, -0.2) is 54.7 Å². The van der Waals surface area contributed by atoms with Crippen LogP contribution in [0.25, 0.3) is 0 Å². The molecule has 2 rings (SSSR count). The van der Waals surface area contributed by atoms with Crippen molar-refractivity contribution in [2.24, 2.45) is 0 Å². The van der Waals surface area contributed by atoms with Crippen LogP contribution in [0.1, 0.15) is 29.7 Å². The highest BCUT2D eigenvalue weighted by molar-refractivity contribution is 7.10. The predicted molar refractivity (Wildman–Crippen MR) is 84.9 cm³/mol. The van der Waals surface area contributed by atoms with Gasteiger partial charge in [-0.2, -0.15) is 0 Å². The smallest absolute Gasteiger partial charge is 0.0540 e. The van der Waals surface area contributed by atoms with Crippen molar-refractivity contribution < 1.29 is 5.11 Å². The van der Waals surface area contributed by atoms with E-state index in [0.717, 1.165) is 18.2 Å². The number of rotatable bonds is 4. The van der Waals surface area contributed by atoms with Crippen LogP contribution in [0, 0.1) is 11.8 Å². The van der Waals surface area contributed by atoms with Crippen molar-refractivity contribution >= 4 is 11.3 Å². The second-order valence-electron chi connectivity index (χ2n) is 5.50. The fraction of sp³-hybridized carbons (Fsp3) is 0.625. The Bertz CT molecular complexity index is 464. The normalized spacial score (nSPS) is 17.2. The van der Waals surface area contributed by atoms with Gasteiger partial charge in [-0.1, -0.05) is 11.8 Å². The Labute approximate surface area is 126 Å². The lowest BCUT2D eigenvalue weighted by atomic mass is 10.0. The van der Waals surface area contributed by atoms with Crippen molar-refractivity contribution in [3.63, 3.8) is 0 Å². The topological polar surface area (TPSA) is 26.7 Å². The lowest BCUT2D eigenvalue weighted by Crippen LogP contribution is -2.41. The molecule has 1 aromatic rings. The molecule has 0 spiro atoms. The molecule has 0 unspecified atom stereocenters. The van der Waals surface area contributed by atoms with E-state index in [9.17, 15) is 0 Å². The maximum Gasteiger partial charge on any atom is 0.0540 e. The van der Waals surface area contributed by atoms with Gasteiger partial charge < -0.3 is 10.0 Å². The number of hydrogen-bond acceptors (Lipinski definition) is 4. The summed E-state index contributed by atoms with van der Waals surface area (Å²) >= 11 is 1.79. The molecule has 1 saturated heterocycles. The number of thiophene rings is 1. The molecule has 1 N–H and O–H groups in total. The Morgan fingerprint density at radius 3 is 2.80 bits per heavy atom. The quantitative estimate of drug-likeness (QED) is 0.860. The lowest BCUT2D eigenvalue weighted by molar-refractivity contribution is 0.141. The highest BCUT2D eigenvalue weighted by Gasteiger charge is 2.21. The first kappa shape index (κ1) is 15.5. The van der Waals surface area contributed by atoms with Gasteiger partial charge in [0.25, 0.3) is 0 Å². The van der Waals surface area contributed by atoms with Crippen LogP contribution in [0.4, 0.5) is 0 Å². The first-order valence-electron chi connectivity index (χ1n) is 7.25. The van der Waals surface area contributed by atoms with Crippen molar-refractivity contribution in [1.29, 1.82) is 0 Å². The molecule has 1 aromatic heterocycles. The average Bonchev–Trinajstić information content (AvgIpc) is 2.87. The average molecular weight is 292 g/mol. The molecule has 0 amide bonds. The number of likely N-dealkylation sites (tertiary alicyclic amines) is 1. The zero-order valence-electron chi connectivity index (χ0n) is 12.4. The molecule has 0 saturated carbocycles. The highest BCUT2D eigenvalue weighted by atomic mass is 32.1. The first-order valence-corrected chi connectivity index (χ1v) is 8.13. The fourth-order valence-electron chi connectivity index (χ4n) is 2.59. The van der Waals surface area contributed by atoms with E-state index in [1.807, 2.05) is 0 Å². The maximum atomic E-state index is 8.78. The summed E-state index contributed by atoms with van der Waals surface area (Å²) in [4.78, 5) is 6.23. The molecule has 1 aliphatic rings. The number of piperidine rings is 1. The summed E-state index contributed by atoms with van der Waals surface area (Å²) in [6.07, 6.45) is 3.07. The van der Waals surface area contributed by atoms with E-state index in [0.29, 0.717) is 6.42 Å². The Morgan fingerprint density at radius 2 is 2.15 bits per heavy atom. The van der Waals surface area contributed by atoms with Gasteiger partial charge in [0.15, 0.2) is 0 Å². The summed E-state index contributed by atoms with van der Waals surface area (Å²) < 4.78 is 0. The molecular formula is C16H24N2OS. The summed E-state index contributed by atoms with van der Waals surface area (Å²) in [5, 5.41) is 10.9. The first-order chi connectivity index (χ1) is 9.70. The van der Waals surface area contributed by atoms with E-state index in [1.54, 1.807) is 11.3 Å². The molecule has 20 heavy (non-hydrogen) atoms. The molecule has 1 aliphatic heterocycles. The molecule has 1 fully saturated rings. The van der Waals surface area contributed by atoms with Crippen LogP contribution in [0.5, 0.6) is 0 Å². The summed E-state index contributed by atoms with van der Waals surface area (Å²) in [6.45, 7) is 3.50. The minimum absolute atomic E-state index is 0.143. The van der Waals surface area contributed by atoms with Crippen LogP contribution in [0.2, 0.25) is 0 Å². The van der Waals surface area contributed by atoms with E-state index in [-0.39, 0.29) is 6.61 Å². The monoisotopic (exact) mass is 292 g/mol. The Hall–Kier alpha value is -0.860. The molecule has 3 nitrogen and oxygen atoms in total. The molecule has 110 valence electrons. The van der Waals surface area contributed by atoms with Crippen LogP contribution < -0.4 is 0 Å². The fourth-order valence-corrected chi connectivity index (χ4v) is 3.46. The molecule has 0 aliphatic carbocycles. The van der Waals surface area contributed by atoms with Gasteiger partial charge in [-0.05, 0) is 38.4 Å². The molecule has 2 heterocycles. The third-order valence-electron chi connectivity index (χ3n) is 3.86. The Balaban J connectivity index is 1.89. The Morgan fingerprint density at radius 1 is 1.40 bits per heavy atom. The summed E-state index contributed by atoms with van der Waals surface area (Å²) in [5.41, 5.74) is 1.14. The van der Waals surface area contributed by atoms with Crippen molar-refractivity contribution in [2.45, 2.75) is 31.8 Å². The van der Waals surface area contributed by atoms with E-state index >= 15 is 0 Å². The van der Waals surface area contributed by atoms with Crippen LogP contribution >= 0.6 is 11.3 Å². The molecule has 0 aromatic carbocycles. The zero-order chi connectivity index (χ0) is 14.4. The third-order valence-corrected chi connectivity index (χ3v) is 4.77. The van der Waals surface area contributed by atoms with Gasteiger partial charge in [0.05, 0.1) is 6.61 Å². The van der Waals surface area contributed by atoms with Gasteiger partial charge in [0.1, 0.15) is 0 Å². The maximum absolute atomic E-state index is 8.78. The van der Waals surface area contributed by atoms with Crippen molar-refractivity contribution in [2.75, 3.05) is 33.8 Å². The van der Waals surface area contributed by atoms with Gasteiger partial charge >= 0.3 is 0 Å². The van der Waals surface area contributed by atoms with Gasteiger partial charge in [0, 0.05) is 42.5 Å². The zero-order valence-corrected chi connectivity index (χ0v) is 13.2. The standard InChI is InChI=1S/C16H24N2OS/c1-17(2)15-6-9-18(10-7-15)13-16-14(8-12-20-16)5-3-4-11-19/h8,12,15,19H,4,6-7,9-11,13H2,1-2H3. The molecule has 0 radical (unpaired) electrons. The molecular weight excluding hydrogens is 268 g/mol. The van der Waals surface area contributed by atoms with Crippen LogP contribution in [0.15, 0.2) is 11.4 Å². The minimum atomic E-state index is 0.143. The lowest BCUT2D eigenvalue weighted by Gasteiger charge is -2.35. The minimum Gasteiger partial charge on any atom is -0.395 e. The predicted octanol–water partition coefficient (Wildman–Crippen LogP) is 2.01. The SMILES string of the molecule is CN(C)C1CCN(Cc2sccc2C#CCCO)CC1. The summed E-state index contributed by atoms with van der Waals surface area (Å²) in [5.74, 6) is 6.19. The van der Waals surface area contributed by atoms with Gasteiger partial charge in [-0.15, -0.1) is 11.3 Å². The third kappa shape index (κ3) is 4.32. The number of nitrogens with zero attached hydrogens (tertiary/aromatic N) is 2. The van der Waals surface area contributed by atoms with E-state index in [2.05, 4.69) is 47.2 Å². The molecule has 0 bridgehead atoms. The largest absolute Gasteiger partial charge is 0.395 e. The summed E-state index contributed by atoms with van der Waals surface area (Å²) in [6, 6.07) is 2.83. The van der Waals surface area contributed by atoms with Crippen molar-refractivity contribution in [1.82, 2.24) is 9.80 Å². The highest BCUT2D eigenvalue weighted by Crippen LogP contribution is 2.21. The van der Waals surface area contributed by atoms with Gasteiger partial charge in [-0.25, -0.2) is 0 Å². The second-order valence-corrected chi connectivity index (χ2v) is 6.50. The molecule has 4 heteroatoms. The van der Waals surface area contributed by atoms with Gasteiger partial charge in [-0.3, -0.25) is 4.90 Å². The van der Waals surface area contributed by atoms with E-state index in [1.165, 1.54) is 30.8 Å². The van der Waals surface area contributed by atoms with Crippen molar-refractivity contribution in [3.8, 4) is 11.8 Å². The van der Waals surface area contributed by atoms with Crippen molar-refractivity contribution in [3.05, 3.63) is 21.9 Å². The number of aliphatic hydroxyl groups excluding tert-OH is 1. The van der Waals surface area contributed by atoms with E-state index in [4.69, 9.17) is 5.11 Å². The molecule has 0 atom stereocenters. The van der Waals surface area contributed by atoms with Crippen LogP contribution in [-0.2, 0) is 6.54 Å². The summed E-state index contributed by atoms with van der Waals surface area (Å²) in [7, 11) is 4.35. The van der Waals surface area contributed by atoms with E-state index < -0.39 is 0 Å². The second kappa shape index (κ2) is 7.80. The Kier molecular flexibility index (Phi) is 6.06.